The summed E-state index contributed by atoms with van der Waals surface area (Å²) in [5.74, 6) is -1.95. The summed E-state index contributed by atoms with van der Waals surface area (Å²) in [6.45, 7) is 3.50. The summed E-state index contributed by atoms with van der Waals surface area (Å²) in [6, 6.07) is 8.67. The molecule has 0 aliphatic carbocycles. The number of pyridine rings is 1. The standard InChI is InChI=1S/C26H24ClF3N6O3S/c1-14(22(38)33-20-17-6-3-2-5-16(17)13-35-9-4-10-36(35)25(20)39)11-19(37)32-24-21(27)34-23(40-24)15-7-8-18(31-12-15)26(28,29)30/h2-3,5-8,12,14,20H,4,9-11,13H2,1H3,(H,32,37)(H,33,38)/t14-,20+/m1/s1. The van der Waals surface area contributed by atoms with Gasteiger partial charge < -0.3 is 10.6 Å². The van der Waals surface area contributed by atoms with E-state index in [-0.39, 0.29) is 27.5 Å². The van der Waals surface area contributed by atoms with Crippen LogP contribution in [0.5, 0.6) is 0 Å². The predicted molar refractivity (Wildman–Crippen MR) is 142 cm³/mol. The maximum atomic E-state index is 13.3. The van der Waals surface area contributed by atoms with Crippen LogP contribution in [0.1, 0.15) is 42.6 Å². The Labute approximate surface area is 236 Å². The number of carbonyl (C=O) groups excluding carboxylic acids is 3. The Morgan fingerprint density at radius 3 is 2.70 bits per heavy atom. The zero-order chi connectivity index (χ0) is 28.6. The Morgan fingerprint density at radius 1 is 1.20 bits per heavy atom. The fourth-order valence-corrected chi connectivity index (χ4v) is 5.84. The molecule has 1 fully saturated rings. The molecule has 2 atom stereocenters. The highest BCUT2D eigenvalue weighted by Crippen LogP contribution is 2.36. The van der Waals surface area contributed by atoms with Gasteiger partial charge in [-0.15, -0.1) is 0 Å². The average molecular weight is 593 g/mol. The number of nitrogens with one attached hydrogen (secondary N) is 2. The van der Waals surface area contributed by atoms with Crippen LogP contribution in [-0.2, 0) is 27.1 Å². The third-order valence-electron chi connectivity index (χ3n) is 6.71. The van der Waals surface area contributed by atoms with Crippen molar-refractivity contribution in [3.8, 4) is 10.6 Å². The third-order valence-corrected chi connectivity index (χ3v) is 8.12. The summed E-state index contributed by atoms with van der Waals surface area (Å²) in [5.41, 5.74) is 0.952. The van der Waals surface area contributed by atoms with Crippen LogP contribution in [-0.4, -0.2) is 50.8 Å². The first-order valence-corrected chi connectivity index (χ1v) is 13.6. The molecular weight excluding hydrogens is 569 g/mol. The van der Waals surface area contributed by atoms with Crippen molar-refractivity contribution in [3.05, 3.63) is 64.6 Å². The molecule has 210 valence electrons. The Hall–Kier alpha value is -3.55. The van der Waals surface area contributed by atoms with Gasteiger partial charge in [-0.2, -0.15) is 13.2 Å². The molecule has 0 radical (unpaired) electrons. The normalized spacial score (nSPS) is 18.1. The van der Waals surface area contributed by atoms with E-state index < -0.39 is 35.6 Å². The maximum Gasteiger partial charge on any atom is 0.433 e. The first-order chi connectivity index (χ1) is 19.0. The molecule has 2 N–H and O–H groups in total. The van der Waals surface area contributed by atoms with Gasteiger partial charge in [0.15, 0.2) is 5.15 Å². The number of hydrazine groups is 1. The number of halogens is 4. The van der Waals surface area contributed by atoms with Crippen molar-refractivity contribution in [2.24, 2.45) is 5.92 Å². The molecule has 1 saturated heterocycles. The molecule has 0 unspecified atom stereocenters. The lowest BCUT2D eigenvalue weighted by molar-refractivity contribution is -0.148. The topological polar surface area (TPSA) is 108 Å². The second kappa shape index (κ2) is 11.1. The number of thiazole rings is 1. The van der Waals surface area contributed by atoms with E-state index in [1.165, 1.54) is 6.07 Å². The summed E-state index contributed by atoms with van der Waals surface area (Å²) < 4.78 is 38.4. The van der Waals surface area contributed by atoms with Crippen molar-refractivity contribution in [1.82, 2.24) is 25.3 Å². The summed E-state index contributed by atoms with van der Waals surface area (Å²) in [6.07, 6.45) is -2.88. The lowest BCUT2D eigenvalue weighted by Crippen LogP contribution is -2.46. The monoisotopic (exact) mass is 592 g/mol. The van der Waals surface area contributed by atoms with E-state index in [1.54, 1.807) is 11.9 Å². The second-order valence-corrected chi connectivity index (χ2v) is 10.9. The van der Waals surface area contributed by atoms with Crippen molar-refractivity contribution >= 4 is 45.7 Å². The lowest BCUT2D eigenvalue weighted by Gasteiger charge is -2.28. The number of alkyl halides is 3. The first kappa shape index (κ1) is 28.0. The number of hydrogen-bond donors (Lipinski definition) is 2. The molecule has 14 heteroatoms. The van der Waals surface area contributed by atoms with Gasteiger partial charge in [0, 0.05) is 43.7 Å². The molecule has 0 spiro atoms. The highest BCUT2D eigenvalue weighted by Gasteiger charge is 2.38. The summed E-state index contributed by atoms with van der Waals surface area (Å²) >= 11 is 7.12. The zero-order valence-corrected chi connectivity index (χ0v) is 22.7. The maximum absolute atomic E-state index is 13.3. The SMILES string of the molecule is C[C@H](CC(=O)Nc1sc(-c2ccc(C(F)(F)F)nc2)nc1Cl)C(=O)N[C@@H]1C(=O)N2CCCN2Cc2ccccc21. The minimum absolute atomic E-state index is 0.0406. The molecule has 2 aliphatic rings. The van der Waals surface area contributed by atoms with Gasteiger partial charge in [-0.3, -0.25) is 24.4 Å². The molecule has 0 saturated carbocycles. The fourth-order valence-electron chi connectivity index (χ4n) is 4.68. The van der Waals surface area contributed by atoms with Crippen LogP contribution in [0.4, 0.5) is 18.2 Å². The smallest absolute Gasteiger partial charge is 0.340 e. The van der Waals surface area contributed by atoms with E-state index in [9.17, 15) is 27.6 Å². The van der Waals surface area contributed by atoms with E-state index in [2.05, 4.69) is 20.6 Å². The molecule has 0 bridgehead atoms. The fraction of sp³-hybridized carbons (Fsp3) is 0.346. The van der Waals surface area contributed by atoms with Gasteiger partial charge in [0.1, 0.15) is 21.7 Å². The minimum Gasteiger partial charge on any atom is -0.340 e. The summed E-state index contributed by atoms with van der Waals surface area (Å²) in [5, 5.41) is 9.54. The lowest BCUT2D eigenvalue weighted by atomic mass is 9.98. The first-order valence-electron chi connectivity index (χ1n) is 12.5. The number of amides is 3. The Balaban J connectivity index is 1.23. The Kier molecular flexibility index (Phi) is 7.80. The molecule has 2 aromatic heterocycles. The number of anilines is 1. The number of carbonyl (C=O) groups is 3. The minimum atomic E-state index is -4.57. The number of rotatable bonds is 6. The van der Waals surface area contributed by atoms with Crippen LogP contribution in [0.25, 0.3) is 10.6 Å². The van der Waals surface area contributed by atoms with E-state index >= 15 is 0 Å². The third kappa shape index (κ3) is 5.81. The highest BCUT2D eigenvalue weighted by atomic mass is 35.5. The number of benzene rings is 1. The number of hydrogen-bond acceptors (Lipinski definition) is 7. The number of nitrogens with zero attached hydrogens (tertiary/aromatic N) is 4. The molecule has 40 heavy (non-hydrogen) atoms. The number of fused-ring (bicyclic) bond motifs is 2. The van der Waals surface area contributed by atoms with Crippen molar-refractivity contribution in [2.45, 2.75) is 38.5 Å². The Morgan fingerprint density at radius 2 is 1.98 bits per heavy atom. The van der Waals surface area contributed by atoms with Crippen molar-refractivity contribution in [3.63, 3.8) is 0 Å². The molecule has 3 amide bonds. The molecule has 5 rings (SSSR count). The van der Waals surface area contributed by atoms with E-state index in [1.807, 2.05) is 29.3 Å². The van der Waals surface area contributed by atoms with Crippen molar-refractivity contribution in [1.29, 1.82) is 0 Å². The van der Waals surface area contributed by atoms with Gasteiger partial charge in [0.25, 0.3) is 5.91 Å². The van der Waals surface area contributed by atoms with Crippen molar-refractivity contribution in [2.75, 3.05) is 18.4 Å². The number of aromatic nitrogens is 2. The second-order valence-electron chi connectivity index (χ2n) is 9.57. The van der Waals surface area contributed by atoms with Gasteiger partial charge in [0.05, 0.1) is 0 Å². The quantitative estimate of drug-likeness (QED) is 0.431. The van der Waals surface area contributed by atoms with E-state index in [0.717, 1.165) is 47.7 Å². The molecule has 2 aliphatic heterocycles. The van der Waals surface area contributed by atoms with Crippen LogP contribution < -0.4 is 10.6 Å². The van der Waals surface area contributed by atoms with Gasteiger partial charge in [-0.05, 0) is 29.7 Å². The van der Waals surface area contributed by atoms with Crippen LogP contribution in [0.15, 0.2) is 42.6 Å². The Bertz CT molecular complexity index is 1450. The van der Waals surface area contributed by atoms with E-state index in [4.69, 9.17) is 11.6 Å². The largest absolute Gasteiger partial charge is 0.433 e. The summed E-state index contributed by atoms with van der Waals surface area (Å²) in [7, 11) is 0. The highest BCUT2D eigenvalue weighted by molar-refractivity contribution is 7.19. The van der Waals surface area contributed by atoms with Crippen LogP contribution in [0.2, 0.25) is 5.15 Å². The van der Waals surface area contributed by atoms with Gasteiger partial charge in [0.2, 0.25) is 11.8 Å². The van der Waals surface area contributed by atoms with Gasteiger partial charge in [-0.1, -0.05) is 54.1 Å². The van der Waals surface area contributed by atoms with Crippen LogP contribution in [0.3, 0.4) is 0 Å². The van der Waals surface area contributed by atoms with Gasteiger partial charge >= 0.3 is 6.18 Å². The molecule has 1 aromatic carbocycles. The molecular formula is C26H24ClF3N6O3S. The zero-order valence-electron chi connectivity index (χ0n) is 21.2. The molecule has 4 heterocycles. The van der Waals surface area contributed by atoms with Crippen LogP contribution in [0, 0.1) is 5.92 Å². The van der Waals surface area contributed by atoms with E-state index in [0.29, 0.717) is 18.7 Å². The molecule has 9 nitrogen and oxygen atoms in total. The van der Waals surface area contributed by atoms with Crippen molar-refractivity contribution < 1.29 is 27.6 Å². The molecule has 3 aromatic rings. The van der Waals surface area contributed by atoms with Crippen LogP contribution >= 0.6 is 22.9 Å². The van der Waals surface area contributed by atoms with Gasteiger partial charge in [-0.25, -0.2) is 9.99 Å². The average Bonchev–Trinajstić information content (AvgIpc) is 3.50. The summed E-state index contributed by atoms with van der Waals surface area (Å²) in [4.78, 5) is 46.7. The predicted octanol–water partition coefficient (Wildman–Crippen LogP) is 4.66.